The molecule has 0 aliphatic rings. The molecule has 1 aromatic heterocycles. The molecule has 0 unspecified atom stereocenters. The van der Waals surface area contributed by atoms with Crippen LogP contribution in [0.5, 0.6) is 0 Å². The molecule has 0 saturated heterocycles. The Hall–Kier alpha value is -1.10. The van der Waals surface area contributed by atoms with Crippen molar-refractivity contribution in [2.45, 2.75) is 6.43 Å². The molecule has 14 heavy (non-hydrogen) atoms. The lowest BCUT2D eigenvalue weighted by Gasteiger charge is -2.03. The van der Waals surface area contributed by atoms with Crippen molar-refractivity contribution in [3.05, 3.63) is 26.6 Å². The van der Waals surface area contributed by atoms with Crippen LogP contribution in [0.2, 0.25) is 0 Å². The topological polar surface area (TPSA) is 53.8 Å². The van der Waals surface area contributed by atoms with E-state index >= 15 is 0 Å². The molecule has 0 N–H and O–H groups in total. The quantitative estimate of drug-likeness (QED) is 0.478. The molecule has 1 heterocycles. The Kier molecular flexibility index (Phi) is 3.46. The molecule has 0 spiro atoms. The minimum atomic E-state index is -2.74. The van der Waals surface area contributed by atoms with Crippen LogP contribution < -0.4 is 0 Å². The van der Waals surface area contributed by atoms with E-state index in [2.05, 4.69) is 4.98 Å². The lowest BCUT2D eigenvalue weighted by molar-refractivity contribution is 0.112. The van der Waals surface area contributed by atoms with E-state index in [0.717, 1.165) is 6.07 Å². The summed E-state index contributed by atoms with van der Waals surface area (Å²) in [5, 5.41) is 8.62. The third kappa shape index (κ3) is 2.04. The molecule has 0 atom stereocenters. The lowest BCUT2D eigenvalue weighted by atomic mass is 10.1. The zero-order chi connectivity index (χ0) is 10.7. The second-order valence-corrected chi connectivity index (χ2v) is 3.35. The molecule has 1 rings (SSSR count). The number of aromatic nitrogens is 1. The number of hydrogen-bond acceptors (Lipinski definition) is 3. The van der Waals surface area contributed by atoms with Crippen molar-refractivity contribution in [2.75, 3.05) is 0 Å². The molecule has 0 aromatic carbocycles. The Bertz CT molecular complexity index is 415. The first-order chi connectivity index (χ1) is 6.60. The first-order valence-corrected chi connectivity index (χ1v) is 4.52. The van der Waals surface area contributed by atoms with Crippen molar-refractivity contribution < 1.29 is 13.6 Å². The van der Waals surface area contributed by atoms with Gasteiger partial charge >= 0.3 is 0 Å². The maximum Gasteiger partial charge on any atom is 0.280 e. The van der Waals surface area contributed by atoms with Crippen molar-refractivity contribution in [1.82, 2.24) is 4.98 Å². The van der Waals surface area contributed by atoms with Gasteiger partial charge in [-0.15, -0.1) is 0 Å². The Morgan fingerprint density at radius 2 is 2.29 bits per heavy atom. The third-order valence-electron chi connectivity index (χ3n) is 1.49. The van der Waals surface area contributed by atoms with E-state index in [0.29, 0.717) is 6.29 Å². The van der Waals surface area contributed by atoms with E-state index < -0.39 is 12.1 Å². The minimum absolute atomic E-state index is 0.0324. The molecule has 0 bridgehead atoms. The van der Waals surface area contributed by atoms with Crippen molar-refractivity contribution in [3.8, 4) is 6.07 Å². The maximum atomic E-state index is 12.2. The van der Waals surface area contributed by atoms with Crippen LogP contribution in [0.3, 0.4) is 0 Å². The zero-order valence-electron chi connectivity index (χ0n) is 6.67. The molecule has 0 radical (unpaired) electrons. The Labute approximate surface area is 91.9 Å². The Balaban J connectivity index is 3.40. The normalized spacial score (nSPS) is 9.93. The van der Waals surface area contributed by atoms with Crippen LogP contribution in [0, 0.1) is 15.0 Å². The van der Waals surface area contributed by atoms with Crippen LogP contribution >= 0.6 is 22.6 Å². The van der Waals surface area contributed by atoms with Crippen LogP contribution in [0.25, 0.3) is 0 Å². The SMILES string of the molecule is N#Cc1c(C=O)cc(C(F)F)nc1I. The monoisotopic (exact) mass is 308 g/mol. The number of rotatable bonds is 2. The molecule has 0 fully saturated rings. The van der Waals surface area contributed by atoms with E-state index in [1.54, 1.807) is 28.7 Å². The number of halogens is 3. The summed E-state index contributed by atoms with van der Waals surface area (Å²) in [6.45, 7) is 0. The van der Waals surface area contributed by atoms with Crippen LogP contribution in [-0.2, 0) is 0 Å². The highest BCUT2D eigenvalue weighted by molar-refractivity contribution is 14.1. The van der Waals surface area contributed by atoms with Gasteiger partial charge in [0.05, 0.1) is 5.56 Å². The summed E-state index contributed by atoms with van der Waals surface area (Å²) < 4.78 is 24.6. The fourth-order valence-electron chi connectivity index (χ4n) is 0.868. The molecule has 1 aromatic rings. The van der Waals surface area contributed by atoms with Gasteiger partial charge in [-0.25, -0.2) is 13.8 Å². The third-order valence-corrected chi connectivity index (χ3v) is 2.27. The van der Waals surface area contributed by atoms with Gasteiger partial charge in [0.2, 0.25) is 0 Å². The van der Waals surface area contributed by atoms with E-state index in [-0.39, 0.29) is 14.8 Å². The highest BCUT2D eigenvalue weighted by atomic mass is 127. The predicted octanol–water partition coefficient (Wildman–Crippen LogP) is 2.31. The molecule has 72 valence electrons. The fraction of sp³-hybridized carbons (Fsp3) is 0.125. The van der Waals surface area contributed by atoms with Crippen molar-refractivity contribution in [2.24, 2.45) is 0 Å². The first kappa shape index (κ1) is 11.0. The van der Waals surface area contributed by atoms with Gasteiger partial charge in [0.25, 0.3) is 6.43 Å². The smallest absolute Gasteiger partial charge is 0.280 e. The van der Waals surface area contributed by atoms with Gasteiger partial charge in [-0.2, -0.15) is 5.26 Å². The van der Waals surface area contributed by atoms with Gasteiger partial charge < -0.3 is 0 Å². The Morgan fingerprint density at radius 3 is 2.71 bits per heavy atom. The number of carbonyl (C=O) groups excluding carboxylic acids is 1. The van der Waals surface area contributed by atoms with Gasteiger partial charge in [-0.1, -0.05) is 0 Å². The van der Waals surface area contributed by atoms with E-state index in [1.807, 2.05) is 0 Å². The van der Waals surface area contributed by atoms with Gasteiger partial charge in [0.1, 0.15) is 15.5 Å². The molecule has 0 aliphatic carbocycles. The summed E-state index contributed by atoms with van der Waals surface area (Å²) in [5.74, 6) is 0. The van der Waals surface area contributed by atoms with Crippen LogP contribution in [0.4, 0.5) is 8.78 Å². The predicted molar refractivity (Wildman–Crippen MR) is 52.0 cm³/mol. The van der Waals surface area contributed by atoms with Crippen molar-refractivity contribution >= 4 is 28.9 Å². The number of nitrogens with zero attached hydrogens (tertiary/aromatic N) is 2. The summed E-state index contributed by atoms with van der Waals surface area (Å²) in [6.07, 6.45) is -2.37. The number of carbonyl (C=O) groups is 1. The van der Waals surface area contributed by atoms with Crippen LogP contribution in [0.1, 0.15) is 28.0 Å². The summed E-state index contributed by atoms with van der Waals surface area (Å²) in [4.78, 5) is 14.0. The largest absolute Gasteiger partial charge is 0.298 e. The summed E-state index contributed by atoms with van der Waals surface area (Å²) in [7, 11) is 0. The van der Waals surface area contributed by atoms with Gasteiger partial charge in [0, 0.05) is 5.56 Å². The summed E-state index contributed by atoms with van der Waals surface area (Å²) in [6, 6.07) is 2.66. The van der Waals surface area contributed by atoms with Crippen LogP contribution in [0.15, 0.2) is 6.07 Å². The number of aldehydes is 1. The number of hydrogen-bond donors (Lipinski definition) is 0. The van der Waals surface area contributed by atoms with E-state index in [1.165, 1.54) is 0 Å². The Morgan fingerprint density at radius 1 is 1.64 bits per heavy atom. The van der Waals surface area contributed by atoms with E-state index in [9.17, 15) is 13.6 Å². The van der Waals surface area contributed by atoms with Gasteiger partial charge in [0.15, 0.2) is 6.29 Å². The van der Waals surface area contributed by atoms with Crippen molar-refractivity contribution in [3.63, 3.8) is 0 Å². The lowest BCUT2D eigenvalue weighted by Crippen LogP contribution is -2.00. The average Bonchev–Trinajstić information content (AvgIpc) is 2.16. The molecule has 3 nitrogen and oxygen atoms in total. The number of pyridine rings is 1. The van der Waals surface area contributed by atoms with E-state index in [4.69, 9.17) is 5.26 Å². The highest BCUT2D eigenvalue weighted by Crippen LogP contribution is 2.21. The summed E-state index contributed by atoms with van der Waals surface area (Å²) >= 11 is 1.64. The fourth-order valence-corrected chi connectivity index (χ4v) is 1.58. The molecule has 0 amide bonds. The maximum absolute atomic E-state index is 12.2. The standard InChI is InChI=1S/C8H3F2IN2O/c9-7(10)6-1-4(3-14)5(2-12)8(11)13-6/h1,3,7H. The molecule has 0 aliphatic heterocycles. The molecule has 6 heteroatoms. The second kappa shape index (κ2) is 4.41. The van der Waals surface area contributed by atoms with Crippen molar-refractivity contribution in [1.29, 1.82) is 5.26 Å². The molecular formula is C8H3F2IN2O. The first-order valence-electron chi connectivity index (χ1n) is 3.44. The van der Waals surface area contributed by atoms with Crippen LogP contribution in [-0.4, -0.2) is 11.3 Å². The average molecular weight is 308 g/mol. The minimum Gasteiger partial charge on any atom is -0.298 e. The highest BCUT2D eigenvalue weighted by Gasteiger charge is 2.15. The number of nitriles is 1. The number of alkyl halides is 2. The molecular weight excluding hydrogens is 305 g/mol. The summed E-state index contributed by atoms with van der Waals surface area (Å²) in [5.41, 5.74) is -0.511. The second-order valence-electron chi connectivity index (χ2n) is 2.33. The molecule has 0 saturated carbocycles. The zero-order valence-corrected chi connectivity index (χ0v) is 8.83. The van der Waals surface area contributed by atoms with Gasteiger partial charge in [-0.3, -0.25) is 4.79 Å². The van der Waals surface area contributed by atoms with Gasteiger partial charge in [-0.05, 0) is 28.7 Å².